The van der Waals surface area contributed by atoms with E-state index in [1.165, 1.54) is 0 Å². The first-order valence-corrected chi connectivity index (χ1v) is 18.1. The molecule has 2 saturated heterocycles. The zero-order valence-corrected chi connectivity index (χ0v) is 28.3. The third-order valence-corrected chi connectivity index (χ3v) is 14.1. The number of esters is 1. The molecule has 278 valence electrons. The summed E-state index contributed by atoms with van der Waals surface area (Å²) in [7, 11) is 0. The van der Waals surface area contributed by atoms with Crippen LogP contribution in [0.5, 0.6) is 0 Å². The first kappa shape index (κ1) is 36.1. The van der Waals surface area contributed by atoms with Crippen LogP contribution in [0.4, 0.5) is 0 Å². The van der Waals surface area contributed by atoms with Gasteiger partial charge in [0.05, 0.1) is 42.7 Å². The lowest BCUT2D eigenvalue weighted by Gasteiger charge is -2.66. The van der Waals surface area contributed by atoms with Gasteiger partial charge in [0.25, 0.3) is 0 Å². The number of aliphatic hydroxyl groups excluding tert-OH is 6. The predicted molar refractivity (Wildman–Crippen MR) is 167 cm³/mol. The Morgan fingerprint density at radius 2 is 1.67 bits per heavy atom. The normalized spacial score (nSPS) is 54.4. The van der Waals surface area contributed by atoms with Crippen LogP contribution >= 0.6 is 0 Å². The zero-order chi connectivity index (χ0) is 35.1. The molecule has 7 aliphatic rings. The number of fused-ring (bicyclic) bond motifs is 5. The van der Waals surface area contributed by atoms with Crippen molar-refractivity contribution < 1.29 is 69.3 Å². The maximum absolute atomic E-state index is 12.5. The molecule has 0 bridgehead atoms. The molecule has 3 heterocycles. The molecule has 7 rings (SSSR count). The highest BCUT2D eigenvalue weighted by molar-refractivity contribution is 5.85. The Kier molecular flexibility index (Phi) is 9.57. The average Bonchev–Trinajstić information content (AvgIpc) is 3.60. The average molecular weight is 699 g/mol. The highest BCUT2D eigenvalue weighted by Crippen LogP contribution is 2.70. The largest absolute Gasteiger partial charge is 0.458 e. The van der Waals surface area contributed by atoms with Crippen LogP contribution in [0.15, 0.2) is 11.6 Å². The predicted octanol–water partition coefficient (Wildman–Crippen LogP) is -0.603. The number of hydrogen-bond acceptors (Lipinski definition) is 14. The van der Waals surface area contributed by atoms with Gasteiger partial charge in [0.15, 0.2) is 12.6 Å². The Morgan fingerprint density at radius 1 is 0.918 bits per heavy atom. The summed E-state index contributed by atoms with van der Waals surface area (Å²) in [5, 5.41) is 88.3. The lowest BCUT2D eigenvalue weighted by Crippen LogP contribution is -2.69. The molecule has 0 amide bonds. The minimum Gasteiger partial charge on any atom is -0.458 e. The van der Waals surface area contributed by atoms with Gasteiger partial charge in [-0.25, -0.2) is 4.79 Å². The van der Waals surface area contributed by atoms with Crippen molar-refractivity contribution in [2.24, 2.45) is 28.6 Å². The van der Waals surface area contributed by atoms with Crippen LogP contribution in [0.1, 0.15) is 78.1 Å². The minimum absolute atomic E-state index is 0.0299. The molecule has 0 radical (unpaired) electrons. The van der Waals surface area contributed by atoms with Gasteiger partial charge in [0, 0.05) is 29.7 Å². The Labute approximate surface area is 285 Å². The number of carbonyl (C=O) groups is 1. The molecule has 4 saturated carbocycles. The van der Waals surface area contributed by atoms with Crippen molar-refractivity contribution in [3.8, 4) is 0 Å². The third-order valence-electron chi connectivity index (χ3n) is 14.1. The molecule has 0 aromatic heterocycles. The molecule has 14 heteroatoms. The van der Waals surface area contributed by atoms with Crippen molar-refractivity contribution >= 4 is 5.97 Å². The molecule has 0 spiro atoms. The summed E-state index contributed by atoms with van der Waals surface area (Å²) < 4.78 is 28.5. The SMILES string of the molecule is CC1O[C@H](O)CC(O)[C@H]1OCC1O[C@@H](O[C@H]2CC[C@]3(CO)C4CC[C@]5(C)[C@@H](C6=CC(=O)OC6)CC[C@]5(O)C4CC[C@]3(O)C2)C(O)C(O)[C@@H]1O. The highest BCUT2D eigenvalue weighted by Gasteiger charge is 2.71. The Balaban J connectivity index is 1.03. The van der Waals surface area contributed by atoms with Crippen molar-refractivity contribution in [1.82, 2.24) is 0 Å². The highest BCUT2D eigenvalue weighted by atomic mass is 16.7. The van der Waals surface area contributed by atoms with E-state index in [9.17, 15) is 45.6 Å². The van der Waals surface area contributed by atoms with Crippen molar-refractivity contribution in [2.75, 3.05) is 19.8 Å². The topological polar surface area (TPSA) is 225 Å². The monoisotopic (exact) mass is 698 g/mol. The second-order valence-corrected chi connectivity index (χ2v) is 16.3. The first-order valence-electron chi connectivity index (χ1n) is 18.1. The van der Waals surface area contributed by atoms with Crippen LogP contribution < -0.4 is 0 Å². The molecule has 17 atom stereocenters. The molecule has 0 aromatic rings. The second-order valence-electron chi connectivity index (χ2n) is 16.3. The fourth-order valence-corrected chi connectivity index (χ4v) is 11.5. The first-order chi connectivity index (χ1) is 23.2. The summed E-state index contributed by atoms with van der Waals surface area (Å²) in [6, 6.07) is 0. The van der Waals surface area contributed by atoms with Gasteiger partial charge < -0.3 is 64.5 Å². The van der Waals surface area contributed by atoms with E-state index in [1.807, 2.05) is 0 Å². The number of carbonyl (C=O) groups excluding carboxylic acids is 1. The van der Waals surface area contributed by atoms with E-state index in [0.717, 1.165) is 12.0 Å². The number of hydrogen-bond donors (Lipinski definition) is 8. The number of cyclic esters (lactones) is 1. The fourth-order valence-electron chi connectivity index (χ4n) is 11.5. The molecule has 4 aliphatic carbocycles. The van der Waals surface area contributed by atoms with Crippen molar-refractivity contribution in [3.05, 3.63) is 11.6 Å². The Hall–Kier alpha value is -1.27. The fraction of sp³-hybridized carbons (Fsp3) is 0.914. The second kappa shape index (κ2) is 13.0. The van der Waals surface area contributed by atoms with Gasteiger partial charge in [-0.15, -0.1) is 0 Å². The lowest BCUT2D eigenvalue weighted by molar-refractivity contribution is -0.332. The third kappa shape index (κ3) is 5.64. The molecule has 14 nitrogen and oxygen atoms in total. The van der Waals surface area contributed by atoms with E-state index in [-0.39, 0.29) is 56.4 Å². The molecular weight excluding hydrogens is 644 g/mol. The zero-order valence-electron chi connectivity index (χ0n) is 28.3. The van der Waals surface area contributed by atoms with Gasteiger partial charge in [-0.3, -0.25) is 0 Å². The number of aliphatic hydroxyl groups is 8. The van der Waals surface area contributed by atoms with Gasteiger partial charge in [-0.2, -0.15) is 0 Å². The van der Waals surface area contributed by atoms with Crippen LogP contribution in [0.25, 0.3) is 0 Å². The van der Waals surface area contributed by atoms with E-state index in [0.29, 0.717) is 44.9 Å². The van der Waals surface area contributed by atoms with Gasteiger partial charge in [0.2, 0.25) is 0 Å². The summed E-state index contributed by atoms with van der Waals surface area (Å²) >= 11 is 0. The molecule has 7 unspecified atom stereocenters. The van der Waals surface area contributed by atoms with Crippen LogP contribution in [0.3, 0.4) is 0 Å². The maximum Gasteiger partial charge on any atom is 0.331 e. The van der Waals surface area contributed by atoms with E-state index >= 15 is 0 Å². The number of rotatable bonds is 7. The number of ether oxygens (including phenoxy) is 5. The van der Waals surface area contributed by atoms with E-state index in [4.69, 9.17) is 23.7 Å². The quantitative estimate of drug-likeness (QED) is 0.123. The summed E-state index contributed by atoms with van der Waals surface area (Å²) in [5.41, 5.74) is -2.73. The molecule has 0 aromatic carbocycles. The standard InChI is InChI=1S/C35H54O14/c1-17-30(23(37)12-26(39)47-17)46-15-24-27(40)28(41)29(42)31(49-24)48-19-3-8-33(16-36)21-4-7-32(2)20(18-11-25(38)45-14-18)6-10-35(32,44)22(21)5-9-34(33,43)13-19/h11,17,19-24,26-31,36-37,39-44H,3-10,12-16H2,1-2H3/t17?,19-,20+,21?,22?,23?,24?,26-,27+,28?,29?,30-,31+,32+,33-,34-,35-/m0/s1. The smallest absolute Gasteiger partial charge is 0.331 e. The van der Waals surface area contributed by atoms with Crippen molar-refractivity contribution in [2.45, 2.75) is 151 Å². The van der Waals surface area contributed by atoms with Gasteiger partial charge >= 0.3 is 5.97 Å². The molecule has 8 N–H and O–H groups in total. The van der Waals surface area contributed by atoms with Gasteiger partial charge in [-0.05, 0) is 81.6 Å². The van der Waals surface area contributed by atoms with Crippen LogP contribution in [-0.4, -0.2) is 139 Å². The van der Waals surface area contributed by atoms with Gasteiger partial charge in [-0.1, -0.05) is 6.92 Å². The van der Waals surface area contributed by atoms with Gasteiger partial charge in [0.1, 0.15) is 37.1 Å². The molecule has 6 fully saturated rings. The Bertz CT molecular complexity index is 1270. The summed E-state index contributed by atoms with van der Waals surface area (Å²) in [4.78, 5) is 11.9. The molecular formula is C35H54O14. The van der Waals surface area contributed by atoms with E-state index in [1.54, 1.807) is 13.0 Å². The maximum atomic E-state index is 12.5. The molecule has 49 heavy (non-hydrogen) atoms. The van der Waals surface area contributed by atoms with Crippen molar-refractivity contribution in [3.63, 3.8) is 0 Å². The van der Waals surface area contributed by atoms with Crippen LogP contribution in [-0.2, 0) is 28.5 Å². The van der Waals surface area contributed by atoms with Crippen LogP contribution in [0, 0.1) is 28.6 Å². The van der Waals surface area contributed by atoms with Crippen molar-refractivity contribution in [1.29, 1.82) is 0 Å². The minimum atomic E-state index is -1.62. The molecule has 3 aliphatic heterocycles. The summed E-state index contributed by atoms with van der Waals surface area (Å²) in [6.45, 7) is 3.51. The Morgan fingerprint density at radius 3 is 2.37 bits per heavy atom. The van der Waals surface area contributed by atoms with Crippen LogP contribution in [0.2, 0.25) is 0 Å². The van der Waals surface area contributed by atoms with E-state index in [2.05, 4.69) is 6.92 Å². The summed E-state index contributed by atoms with van der Waals surface area (Å²) in [5.74, 6) is -0.584. The summed E-state index contributed by atoms with van der Waals surface area (Å²) in [6.07, 6.45) is -5.25. The van der Waals surface area contributed by atoms with E-state index < -0.39 is 83.4 Å². The lowest BCUT2D eigenvalue weighted by atomic mass is 9.41.